The fraction of sp³-hybridized carbons (Fsp3) is 0.579. The van der Waals surface area contributed by atoms with Gasteiger partial charge in [-0.2, -0.15) is 0 Å². The van der Waals surface area contributed by atoms with Crippen molar-refractivity contribution in [3.05, 3.63) is 23.8 Å². The third kappa shape index (κ3) is 3.72. The van der Waals surface area contributed by atoms with Gasteiger partial charge in [-0.05, 0) is 50.3 Å². The summed E-state index contributed by atoms with van der Waals surface area (Å²) in [6, 6.07) is 5.56. The average Bonchev–Trinajstić information content (AvgIpc) is 3.06. The highest BCUT2D eigenvalue weighted by molar-refractivity contribution is 6.04. The van der Waals surface area contributed by atoms with Crippen molar-refractivity contribution >= 4 is 11.8 Å². The highest BCUT2D eigenvalue weighted by Crippen LogP contribution is 2.32. The number of amides is 2. The van der Waals surface area contributed by atoms with Crippen LogP contribution >= 0.6 is 0 Å². The number of carbonyl (C=O) groups excluding carboxylic acids is 2. The molecule has 0 saturated carbocycles. The number of benzene rings is 1. The molecule has 1 saturated heterocycles. The van der Waals surface area contributed by atoms with Crippen molar-refractivity contribution in [2.75, 3.05) is 19.9 Å². The molecule has 3 rings (SSSR count). The van der Waals surface area contributed by atoms with E-state index in [0.717, 1.165) is 31.5 Å². The summed E-state index contributed by atoms with van der Waals surface area (Å²) in [5, 5.41) is 2.88. The van der Waals surface area contributed by atoms with E-state index >= 15 is 0 Å². The van der Waals surface area contributed by atoms with Crippen molar-refractivity contribution in [2.45, 2.75) is 40.2 Å². The van der Waals surface area contributed by atoms with Gasteiger partial charge in [-0.1, -0.05) is 13.0 Å². The first-order chi connectivity index (χ1) is 11.9. The number of piperidine rings is 1. The number of rotatable bonds is 4. The van der Waals surface area contributed by atoms with Gasteiger partial charge in [-0.3, -0.25) is 9.59 Å². The van der Waals surface area contributed by atoms with Crippen LogP contribution in [0.1, 0.15) is 39.2 Å². The van der Waals surface area contributed by atoms with Gasteiger partial charge < -0.3 is 19.7 Å². The summed E-state index contributed by atoms with van der Waals surface area (Å²) >= 11 is 0. The summed E-state index contributed by atoms with van der Waals surface area (Å²) in [6.45, 7) is 7.59. The Morgan fingerprint density at radius 1 is 1.28 bits per heavy atom. The van der Waals surface area contributed by atoms with Gasteiger partial charge in [0.1, 0.15) is 5.41 Å². The normalized spacial score (nSPS) is 19.6. The van der Waals surface area contributed by atoms with E-state index in [9.17, 15) is 9.59 Å². The number of hydrogen-bond donors (Lipinski definition) is 1. The van der Waals surface area contributed by atoms with Crippen molar-refractivity contribution in [3.8, 4) is 11.5 Å². The second kappa shape index (κ2) is 6.94. The van der Waals surface area contributed by atoms with Crippen molar-refractivity contribution in [2.24, 2.45) is 11.3 Å². The zero-order valence-electron chi connectivity index (χ0n) is 15.1. The number of hydrogen-bond acceptors (Lipinski definition) is 4. The molecule has 2 aliphatic heterocycles. The number of nitrogens with one attached hydrogen (secondary N) is 1. The van der Waals surface area contributed by atoms with Crippen LogP contribution in [0, 0.1) is 11.3 Å². The Morgan fingerprint density at radius 3 is 2.80 bits per heavy atom. The zero-order chi connectivity index (χ0) is 18.0. The van der Waals surface area contributed by atoms with Gasteiger partial charge in [0.2, 0.25) is 18.6 Å². The van der Waals surface area contributed by atoms with Crippen LogP contribution in [0.2, 0.25) is 0 Å². The van der Waals surface area contributed by atoms with Crippen LogP contribution in [0.3, 0.4) is 0 Å². The van der Waals surface area contributed by atoms with Crippen molar-refractivity contribution < 1.29 is 19.1 Å². The summed E-state index contributed by atoms with van der Waals surface area (Å²) in [6.07, 6.45) is 2.14. The van der Waals surface area contributed by atoms with E-state index in [-0.39, 0.29) is 18.6 Å². The summed E-state index contributed by atoms with van der Waals surface area (Å²) in [5.74, 6) is 1.54. The minimum Gasteiger partial charge on any atom is -0.454 e. The minimum atomic E-state index is -1.08. The SMILES string of the molecule is CC1CCCN(C(=O)C(C)(C)C(=O)NCc2ccc3c(c2)OCO3)C1. The Morgan fingerprint density at radius 2 is 2.04 bits per heavy atom. The second-order valence-electron chi connectivity index (χ2n) is 7.49. The molecular weight excluding hydrogens is 320 g/mol. The molecule has 0 bridgehead atoms. The first kappa shape index (κ1) is 17.6. The number of carbonyl (C=O) groups is 2. The summed E-state index contributed by atoms with van der Waals surface area (Å²) < 4.78 is 10.6. The Labute approximate surface area is 148 Å². The Balaban J connectivity index is 1.60. The Kier molecular flexibility index (Phi) is 4.88. The second-order valence-corrected chi connectivity index (χ2v) is 7.49. The molecule has 0 aromatic heterocycles. The van der Waals surface area contributed by atoms with E-state index in [0.29, 0.717) is 24.0 Å². The maximum absolute atomic E-state index is 12.8. The average molecular weight is 346 g/mol. The molecule has 0 radical (unpaired) electrons. The van der Waals surface area contributed by atoms with E-state index in [4.69, 9.17) is 9.47 Å². The van der Waals surface area contributed by atoms with E-state index in [1.165, 1.54) is 0 Å². The van der Waals surface area contributed by atoms with Gasteiger partial charge in [-0.15, -0.1) is 0 Å². The van der Waals surface area contributed by atoms with Crippen molar-refractivity contribution in [3.63, 3.8) is 0 Å². The molecule has 2 aliphatic rings. The largest absolute Gasteiger partial charge is 0.454 e. The van der Waals surface area contributed by atoms with E-state index in [1.807, 2.05) is 23.1 Å². The monoisotopic (exact) mass is 346 g/mol. The molecule has 6 nitrogen and oxygen atoms in total. The molecule has 0 aliphatic carbocycles. The van der Waals surface area contributed by atoms with E-state index in [1.54, 1.807) is 13.8 Å². The van der Waals surface area contributed by atoms with Crippen LogP contribution in [-0.2, 0) is 16.1 Å². The number of likely N-dealkylation sites (tertiary alicyclic amines) is 1. The third-order valence-corrected chi connectivity index (χ3v) is 4.94. The van der Waals surface area contributed by atoms with Crippen LogP contribution in [0.15, 0.2) is 18.2 Å². The van der Waals surface area contributed by atoms with Crippen molar-refractivity contribution in [1.29, 1.82) is 0 Å². The zero-order valence-corrected chi connectivity index (χ0v) is 15.1. The molecule has 25 heavy (non-hydrogen) atoms. The third-order valence-electron chi connectivity index (χ3n) is 4.94. The minimum absolute atomic E-state index is 0.0952. The highest BCUT2D eigenvalue weighted by Gasteiger charge is 2.40. The molecule has 2 amide bonds. The topological polar surface area (TPSA) is 67.9 Å². The van der Waals surface area contributed by atoms with Gasteiger partial charge in [-0.25, -0.2) is 0 Å². The van der Waals surface area contributed by atoms with Gasteiger partial charge in [0.05, 0.1) is 0 Å². The van der Waals surface area contributed by atoms with E-state index in [2.05, 4.69) is 12.2 Å². The van der Waals surface area contributed by atoms with Gasteiger partial charge >= 0.3 is 0 Å². The van der Waals surface area contributed by atoms with Crippen LogP contribution in [0.25, 0.3) is 0 Å². The molecular formula is C19H26N2O4. The lowest BCUT2D eigenvalue weighted by Gasteiger charge is -2.36. The molecule has 6 heteroatoms. The molecule has 136 valence electrons. The predicted molar refractivity (Wildman–Crippen MR) is 93.2 cm³/mol. The molecule has 1 atom stereocenters. The molecule has 2 heterocycles. The number of nitrogens with zero attached hydrogens (tertiary/aromatic N) is 1. The van der Waals surface area contributed by atoms with Crippen molar-refractivity contribution in [1.82, 2.24) is 10.2 Å². The predicted octanol–water partition coefficient (Wildman–Crippen LogP) is 2.32. The molecule has 1 aromatic rings. The molecule has 1 N–H and O–H groups in total. The Hall–Kier alpha value is -2.24. The number of fused-ring (bicyclic) bond motifs is 1. The highest BCUT2D eigenvalue weighted by atomic mass is 16.7. The van der Waals surface area contributed by atoms with Crippen LogP contribution in [0.4, 0.5) is 0 Å². The standard InChI is InChI=1S/C19H26N2O4/c1-13-5-4-8-21(11-13)18(23)19(2,3)17(22)20-10-14-6-7-15-16(9-14)25-12-24-15/h6-7,9,13H,4-5,8,10-12H2,1-3H3,(H,20,22). The van der Waals surface area contributed by atoms with E-state index < -0.39 is 5.41 Å². The first-order valence-corrected chi connectivity index (χ1v) is 8.84. The molecule has 1 aromatic carbocycles. The lowest BCUT2D eigenvalue weighted by Crippen LogP contribution is -2.51. The lowest BCUT2D eigenvalue weighted by atomic mass is 9.88. The Bertz CT molecular complexity index is 671. The fourth-order valence-corrected chi connectivity index (χ4v) is 3.32. The first-order valence-electron chi connectivity index (χ1n) is 8.84. The summed E-state index contributed by atoms with van der Waals surface area (Å²) in [5.41, 5.74) is -0.166. The molecule has 1 unspecified atom stereocenters. The molecule has 0 spiro atoms. The van der Waals surface area contributed by atoms with Gasteiger partial charge in [0.25, 0.3) is 0 Å². The van der Waals surface area contributed by atoms with Crippen LogP contribution in [0.5, 0.6) is 11.5 Å². The van der Waals surface area contributed by atoms with Crippen LogP contribution < -0.4 is 14.8 Å². The summed E-state index contributed by atoms with van der Waals surface area (Å²) in [4.78, 5) is 27.3. The molecule has 1 fully saturated rings. The maximum atomic E-state index is 12.8. The maximum Gasteiger partial charge on any atom is 0.237 e. The fourth-order valence-electron chi connectivity index (χ4n) is 3.32. The van der Waals surface area contributed by atoms with Gasteiger partial charge in [0.15, 0.2) is 11.5 Å². The smallest absolute Gasteiger partial charge is 0.237 e. The van der Waals surface area contributed by atoms with Crippen LogP contribution in [-0.4, -0.2) is 36.6 Å². The number of ether oxygens (including phenoxy) is 2. The quantitative estimate of drug-likeness (QED) is 0.850. The summed E-state index contributed by atoms with van der Waals surface area (Å²) in [7, 11) is 0. The van der Waals surface area contributed by atoms with Gasteiger partial charge in [0, 0.05) is 19.6 Å². The lowest BCUT2D eigenvalue weighted by molar-refractivity contribution is -0.149.